The number of nitrogens with one attached hydrogen (secondary N) is 2. The van der Waals surface area contributed by atoms with Crippen molar-refractivity contribution >= 4 is 17.6 Å². The van der Waals surface area contributed by atoms with Crippen molar-refractivity contribution in [2.45, 2.75) is 33.4 Å². The van der Waals surface area contributed by atoms with E-state index >= 15 is 0 Å². The van der Waals surface area contributed by atoms with Crippen LogP contribution in [-0.4, -0.2) is 24.5 Å². The maximum absolute atomic E-state index is 11.8. The van der Waals surface area contributed by atoms with Crippen LogP contribution >= 0.6 is 0 Å². The summed E-state index contributed by atoms with van der Waals surface area (Å²) in [5.74, 6) is -0.383. The number of esters is 1. The van der Waals surface area contributed by atoms with Gasteiger partial charge >= 0.3 is 5.97 Å². The topological polar surface area (TPSA) is 67.4 Å². The summed E-state index contributed by atoms with van der Waals surface area (Å²) < 4.78 is 4.88. The van der Waals surface area contributed by atoms with Crippen molar-refractivity contribution in [2.24, 2.45) is 0 Å². The number of likely N-dealkylation sites (N-methyl/N-ethyl adjacent to an activating group) is 1. The van der Waals surface area contributed by atoms with E-state index < -0.39 is 0 Å². The van der Waals surface area contributed by atoms with Crippen molar-refractivity contribution in [1.29, 1.82) is 0 Å². The molecule has 0 unspecified atom stereocenters. The fraction of sp³-hybridized carbons (Fsp3) is 0.429. The van der Waals surface area contributed by atoms with Crippen molar-refractivity contribution in [3.05, 3.63) is 29.8 Å². The summed E-state index contributed by atoms with van der Waals surface area (Å²) in [6.45, 7) is 6.13. The number of anilines is 1. The number of carbonyl (C=O) groups is 2. The Morgan fingerprint density at radius 3 is 2.42 bits per heavy atom. The highest BCUT2D eigenvalue weighted by Gasteiger charge is 2.10. The monoisotopic (exact) mass is 264 g/mol. The number of hydrogen-bond acceptors (Lipinski definition) is 4. The molecule has 1 rings (SSSR count). The van der Waals surface area contributed by atoms with Crippen LogP contribution in [0, 0.1) is 0 Å². The molecule has 0 saturated carbocycles. The summed E-state index contributed by atoms with van der Waals surface area (Å²) >= 11 is 0. The van der Waals surface area contributed by atoms with Gasteiger partial charge in [0.1, 0.15) is 6.61 Å². The lowest BCUT2D eigenvalue weighted by Gasteiger charge is -2.12. The molecule has 0 aliphatic heterocycles. The Labute approximate surface area is 113 Å². The normalized spacial score (nSPS) is 11.7. The van der Waals surface area contributed by atoms with Gasteiger partial charge < -0.3 is 15.4 Å². The maximum Gasteiger partial charge on any atom is 0.302 e. The number of rotatable bonds is 6. The Bertz CT molecular complexity index is 429. The van der Waals surface area contributed by atoms with E-state index in [9.17, 15) is 9.59 Å². The second-order valence-corrected chi connectivity index (χ2v) is 4.25. The minimum Gasteiger partial charge on any atom is -0.461 e. The van der Waals surface area contributed by atoms with E-state index in [2.05, 4.69) is 10.6 Å². The van der Waals surface area contributed by atoms with E-state index in [-0.39, 0.29) is 24.5 Å². The third-order valence-corrected chi connectivity index (χ3v) is 2.57. The average molecular weight is 264 g/mol. The first kappa shape index (κ1) is 15.2. The molecule has 0 aliphatic carbocycles. The van der Waals surface area contributed by atoms with E-state index in [1.807, 2.05) is 26.0 Å². The lowest BCUT2D eigenvalue weighted by Crippen LogP contribution is -2.37. The van der Waals surface area contributed by atoms with Crippen molar-refractivity contribution in [1.82, 2.24) is 5.32 Å². The first-order valence-corrected chi connectivity index (χ1v) is 6.29. The second-order valence-electron chi connectivity index (χ2n) is 4.25. The first-order valence-electron chi connectivity index (χ1n) is 6.29. The molecule has 0 spiro atoms. The molecule has 2 N–H and O–H groups in total. The Morgan fingerprint density at radius 1 is 1.26 bits per heavy atom. The van der Waals surface area contributed by atoms with Crippen LogP contribution in [0.3, 0.4) is 0 Å². The second kappa shape index (κ2) is 7.53. The highest BCUT2D eigenvalue weighted by molar-refractivity contribution is 5.94. The molecule has 1 amide bonds. The predicted octanol–water partition coefficient (Wildman–Crippen LogP) is 1.69. The lowest BCUT2D eigenvalue weighted by molar-refractivity contribution is -0.142. The quantitative estimate of drug-likeness (QED) is 0.767. The van der Waals surface area contributed by atoms with E-state index in [1.165, 1.54) is 6.92 Å². The third-order valence-electron chi connectivity index (χ3n) is 2.57. The Morgan fingerprint density at radius 2 is 1.89 bits per heavy atom. The third kappa shape index (κ3) is 5.52. The molecule has 0 aliphatic rings. The fourth-order valence-corrected chi connectivity index (χ4v) is 1.52. The summed E-state index contributed by atoms with van der Waals surface area (Å²) in [7, 11) is 0. The molecule has 0 saturated heterocycles. The molecule has 1 atom stereocenters. The van der Waals surface area contributed by atoms with Gasteiger partial charge in [0.25, 0.3) is 0 Å². The van der Waals surface area contributed by atoms with Gasteiger partial charge in [-0.2, -0.15) is 0 Å². The number of amides is 1. The maximum atomic E-state index is 11.8. The van der Waals surface area contributed by atoms with Gasteiger partial charge in [0, 0.05) is 12.6 Å². The van der Waals surface area contributed by atoms with Crippen LogP contribution < -0.4 is 10.6 Å². The molecule has 0 bridgehead atoms. The number of carbonyl (C=O) groups excluding carboxylic acids is 2. The van der Waals surface area contributed by atoms with Gasteiger partial charge in [0.2, 0.25) is 5.91 Å². The molecule has 5 nitrogen and oxygen atoms in total. The molecule has 0 aromatic heterocycles. The number of benzene rings is 1. The van der Waals surface area contributed by atoms with Crippen LogP contribution in [0.5, 0.6) is 0 Å². The van der Waals surface area contributed by atoms with Crippen LogP contribution in [0.25, 0.3) is 0 Å². The van der Waals surface area contributed by atoms with Gasteiger partial charge in [-0.15, -0.1) is 0 Å². The largest absolute Gasteiger partial charge is 0.461 e. The van der Waals surface area contributed by atoms with Crippen LogP contribution in [0.15, 0.2) is 24.3 Å². The van der Waals surface area contributed by atoms with Crippen LogP contribution in [0.2, 0.25) is 0 Å². The summed E-state index contributed by atoms with van der Waals surface area (Å²) in [5.41, 5.74) is 1.61. The molecule has 1 aromatic carbocycles. The molecule has 1 aromatic rings. The molecule has 0 fully saturated rings. The van der Waals surface area contributed by atoms with Crippen molar-refractivity contribution in [3.8, 4) is 0 Å². The molecule has 104 valence electrons. The van der Waals surface area contributed by atoms with E-state index in [0.29, 0.717) is 0 Å². The van der Waals surface area contributed by atoms with Gasteiger partial charge in [0.05, 0.1) is 6.04 Å². The molecular weight excluding hydrogens is 244 g/mol. The molecular formula is C14H20N2O3. The molecule has 0 radical (unpaired) electrons. The number of ether oxygens (including phenoxy) is 1. The van der Waals surface area contributed by atoms with E-state index in [1.54, 1.807) is 12.1 Å². The predicted molar refractivity (Wildman–Crippen MR) is 73.7 cm³/mol. The van der Waals surface area contributed by atoms with Crippen molar-refractivity contribution < 1.29 is 14.3 Å². The van der Waals surface area contributed by atoms with E-state index in [4.69, 9.17) is 4.74 Å². The average Bonchev–Trinajstić information content (AvgIpc) is 2.38. The number of hydrogen-bond donors (Lipinski definition) is 2. The smallest absolute Gasteiger partial charge is 0.302 e. The van der Waals surface area contributed by atoms with Crippen LogP contribution in [0.1, 0.15) is 26.3 Å². The van der Waals surface area contributed by atoms with Gasteiger partial charge in [-0.3, -0.25) is 9.59 Å². The van der Waals surface area contributed by atoms with Crippen LogP contribution in [-0.2, 0) is 20.9 Å². The highest BCUT2D eigenvalue weighted by Crippen LogP contribution is 2.10. The summed E-state index contributed by atoms with van der Waals surface area (Å²) in [5, 5.41) is 5.85. The summed E-state index contributed by atoms with van der Waals surface area (Å²) in [6.07, 6.45) is 0. The molecule has 5 heteroatoms. The standard InChI is InChI=1S/C14H20N2O3/c1-4-15-10(2)14(18)16-13-7-5-12(6-8-13)9-19-11(3)17/h5-8,10,15H,4,9H2,1-3H3,(H,16,18)/t10-/m0/s1. The Balaban J connectivity index is 2.52. The van der Waals surface area contributed by atoms with Crippen molar-refractivity contribution in [3.63, 3.8) is 0 Å². The highest BCUT2D eigenvalue weighted by atomic mass is 16.5. The SMILES string of the molecule is CCN[C@@H](C)C(=O)Nc1ccc(COC(C)=O)cc1. The van der Waals surface area contributed by atoms with Gasteiger partial charge in [-0.25, -0.2) is 0 Å². The van der Waals surface area contributed by atoms with Gasteiger partial charge in [-0.1, -0.05) is 19.1 Å². The first-order chi connectivity index (χ1) is 9.02. The minimum absolute atomic E-state index is 0.0745. The fourth-order valence-electron chi connectivity index (χ4n) is 1.52. The Kier molecular flexibility index (Phi) is 6.02. The zero-order valence-electron chi connectivity index (χ0n) is 11.5. The van der Waals surface area contributed by atoms with Gasteiger partial charge in [-0.05, 0) is 31.2 Å². The van der Waals surface area contributed by atoms with Gasteiger partial charge in [0.15, 0.2) is 0 Å². The zero-order chi connectivity index (χ0) is 14.3. The zero-order valence-corrected chi connectivity index (χ0v) is 11.5. The molecule has 19 heavy (non-hydrogen) atoms. The van der Waals surface area contributed by atoms with E-state index in [0.717, 1.165) is 17.8 Å². The summed E-state index contributed by atoms with van der Waals surface area (Å²) in [6, 6.07) is 6.98. The Hall–Kier alpha value is -1.88. The lowest BCUT2D eigenvalue weighted by atomic mass is 10.2. The van der Waals surface area contributed by atoms with Crippen molar-refractivity contribution in [2.75, 3.05) is 11.9 Å². The minimum atomic E-state index is -0.308. The molecule has 0 heterocycles. The summed E-state index contributed by atoms with van der Waals surface area (Å²) in [4.78, 5) is 22.4. The van der Waals surface area contributed by atoms with Crippen LogP contribution in [0.4, 0.5) is 5.69 Å².